The van der Waals surface area contributed by atoms with Gasteiger partial charge >= 0.3 is 6.03 Å². The molecular formula is C7H12N2O. The molecule has 1 aliphatic rings. The predicted molar refractivity (Wildman–Crippen MR) is 39.5 cm³/mol. The summed E-state index contributed by atoms with van der Waals surface area (Å²) in [6.45, 7) is 5.74. The van der Waals surface area contributed by atoms with Crippen molar-refractivity contribution in [3.8, 4) is 0 Å². The molecule has 3 nitrogen and oxygen atoms in total. The van der Waals surface area contributed by atoms with Gasteiger partial charge in [0.1, 0.15) is 0 Å². The molecule has 0 aromatic heterocycles. The van der Waals surface area contributed by atoms with E-state index in [4.69, 9.17) is 0 Å². The highest BCUT2D eigenvalue weighted by atomic mass is 16.2. The minimum Gasteiger partial charge on any atom is -0.319 e. The predicted octanol–water partition coefficient (Wildman–Crippen LogP) is 0.886. The summed E-state index contributed by atoms with van der Waals surface area (Å²) in [5.41, 5.74) is 0.868. The van der Waals surface area contributed by atoms with Gasteiger partial charge in [-0.25, -0.2) is 4.79 Å². The fraction of sp³-hybridized carbons (Fsp3) is 0.571. The third kappa shape index (κ3) is 0.701. The van der Waals surface area contributed by atoms with Crippen molar-refractivity contribution >= 4 is 6.03 Å². The highest BCUT2D eigenvalue weighted by Gasteiger charge is 2.32. The molecule has 1 saturated heterocycles. The zero-order valence-electron chi connectivity index (χ0n) is 6.59. The summed E-state index contributed by atoms with van der Waals surface area (Å²) in [7, 11) is 3.52. The molecule has 3 heteroatoms. The molecular weight excluding hydrogens is 128 g/mol. The summed E-state index contributed by atoms with van der Waals surface area (Å²) in [6, 6.07) is 0.176. The molecule has 0 aromatic carbocycles. The summed E-state index contributed by atoms with van der Waals surface area (Å²) in [5, 5.41) is 0. The Kier molecular flexibility index (Phi) is 1.43. The smallest absolute Gasteiger partial charge is 0.319 e. The molecule has 1 atom stereocenters. The lowest BCUT2D eigenvalue weighted by molar-refractivity contribution is 0.203. The van der Waals surface area contributed by atoms with E-state index in [-0.39, 0.29) is 12.1 Å². The van der Waals surface area contributed by atoms with Gasteiger partial charge < -0.3 is 4.90 Å². The van der Waals surface area contributed by atoms with Crippen molar-refractivity contribution < 1.29 is 4.79 Å². The second-order valence-corrected chi connectivity index (χ2v) is 2.62. The van der Waals surface area contributed by atoms with E-state index >= 15 is 0 Å². The molecule has 0 saturated carbocycles. The first-order valence-electron chi connectivity index (χ1n) is 3.25. The first-order valence-corrected chi connectivity index (χ1v) is 3.25. The lowest BCUT2D eigenvalue weighted by Gasteiger charge is -2.11. The average Bonchev–Trinajstić information content (AvgIpc) is 2.07. The lowest BCUT2D eigenvalue weighted by Crippen LogP contribution is -2.28. The van der Waals surface area contributed by atoms with Crippen LogP contribution in [0.4, 0.5) is 4.79 Å². The van der Waals surface area contributed by atoms with E-state index in [1.807, 2.05) is 6.92 Å². The van der Waals surface area contributed by atoms with E-state index in [0.717, 1.165) is 5.70 Å². The van der Waals surface area contributed by atoms with Crippen LogP contribution in [0.5, 0.6) is 0 Å². The maximum Gasteiger partial charge on any atom is 0.324 e. The standard InChI is InChI=1S/C7H12N2O/c1-5-6(2)9(4)7(10)8(5)3/h6H,1H2,2-4H3. The quantitative estimate of drug-likeness (QED) is 0.490. The number of carbonyl (C=O) groups is 1. The maximum absolute atomic E-state index is 11.1. The first kappa shape index (κ1) is 7.12. The van der Waals surface area contributed by atoms with Gasteiger partial charge in [-0.05, 0) is 6.92 Å². The molecule has 1 fully saturated rings. The number of hydrogen-bond donors (Lipinski definition) is 0. The summed E-state index contributed by atoms with van der Waals surface area (Å²) in [4.78, 5) is 14.4. The Morgan fingerprint density at radius 3 is 2.10 bits per heavy atom. The van der Waals surface area contributed by atoms with Crippen molar-refractivity contribution in [3.63, 3.8) is 0 Å². The van der Waals surface area contributed by atoms with Gasteiger partial charge in [0.25, 0.3) is 0 Å². The molecule has 0 bridgehead atoms. The second kappa shape index (κ2) is 2.01. The maximum atomic E-state index is 11.1. The van der Waals surface area contributed by atoms with Crippen LogP contribution in [0, 0.1) is 0 Å². The number of amides is 2. The Hall–Kier alpha value is -0.990. The van der Waals surface area contributed by atoms with E-state index in [1.165, 1.54) is 0 Å². The normalized spacial score (nSPS) is 26.5. The van der Waals surface area contributed by atoms with Gasteiger partial charge in [0.15, 0.2) is 0 Å². The van der Waals surface area contributed by atoms with Crippen LogP contribution in [0.3, 0.4) is 0 Å². The van der Waals surface area contributed by atoms with Crippen molar-refractivity contribution in [1.82, 2.24) is 9.80 Å². The van der Waals surface area contributed by atoms with Crippen molar-refractivity contribution in [2.75, 3.05) is 14.1 Å². The molecule has 1 heterocycles. The number of hydrogen-bond acceptors (Lipinski definition) is 1. The molecule has 0 radical (unpaired) electrons. The Bertz CT molecular complexity index is 168. The fourth-order valence-electron chi connectivity index (χ4n) is 1.03. The van der Waals surface area contributed by atoms with Crippen LogP contribution >= 0.6 is 0 Å². The van der Waals surface area contributed by atoms with Crippen molar-refractivity contribution in [3.05, 3.63) is 12.3 Å². The molecule has 0 aliphatic carbocycles. The van der Waals surface area contributed by atoms with Gasteiger partial charge in [-0.3, -0.25) is 4.90 Å². The SMILES string of the molecule is C=C1C(C)N(C)C(=O)N1C. The van der Waals surface area contributed by atoms with E-state index in [2.05, 4.69) is 6.58 Å². The van der Waals surface area contributed by atoms with Crippen LogP contribution in [-0.2, 0) is 0 Å². The monoisotopic (exact) mass is 140 g/mol. The fourth-order valence-corrected chi connectivity index (χ4v) is 1.03. The van der Waals surface area contributed by atoms with Gasteiger partial charge in [0.05, 0.1) is 6.04 Å². The topological polar surface area (TPSA) is 23.6 Å². The van der Waals surface area contributed by atoms with Crippen molar-refractivity contribution in [2.45, 2.75) is 13.0 Å². The number of carbonyl (C=O) groups excluding carboxylic acids is 1. The Morgan fingerprint density at radius 1 is 1.50 bits per heavy atom. The summed E-state index contributed by atoms with van der Waals surface area (Å²) in [6.07, 6.45) is 0. The Balaban J connectivity index is 2.89. The molecule has 1 unspecified atom stereocenters. The van der Waals surface area contributed by atoms with Crippen molar-refractivity contribution in [1.29, 1.82) is 0 Å². The molecule has 0 N–H and O–H groups in total. The van der Waals surface area contributed by atoms with Gasteiger partial charge in [0.2, 0.25) is 0 Å². The summed E-state index contributed by atoms with van der Waals surface area (Å²) >= 11 is 0. The molecule has 2 amide bonds. The van der Waals surface area contributed by atoms with Crippen LogP contribution in [0.1, 0.15) is 6.92 Å². The minimum atomic E-state index is 0.0255. The highest BCUT2D eigenvalue weighted by Crippen LogP contribution is 2.20. The van der Waals surface area contributed by atoms with Gasteiger partial charge in [-0.2, -0.15) is 0 Å². The number of rotatable bonds is 0. The summed E-state index contributed by atoms with van der Waals surface area (Å²) in [5.74, 6) is 0. The third-order valence-corrected chi connectivity index (χ3v) is 2.08. The van der Waals surface area contributed by atoms with E-state index < -0.39 is 0 Å². The molecule has 1 rings (SSSR count). The number of likely N-dealkylation sites (N-methyl/N-ethyl adjacent to an activating group) is 2. The van der Waals surface area contributed by atoms with E-state index in [0.29, 0.717) is 0 Å². The average molecular weight is 140 g/mol. The largest absolute Gasteiger partial charge is 0.324 e. The van der Waals surface area contributed by atoms with Gasteiger partial charge in [-0.1, -0.05) is 6.58 Å². The van der Waals surface area contributed by atoms with Crippen LogP contribution in [0.15, 0.2) is 12.3 Å². The molecule has 10 heavy (non-hydrogen) atoms. The molecule has 0 spiro atoms. The number of urea groups is 1. The Morgan fingerprint density at radius 2 is 2.00 bits per heavy atom. The third-order valence-electron chi connectivity index (χ3n) is 2.08. The lowest BCUT2D eigenvalue weighted by atomic mass is 10.3. The van der Waals surface area contributed by atoms with Gasteiger partial charge in [-0.15, -0.1) is 0 Å². The van der Waals surface area contributed by atoms with Crippen LogP contribution < -0.4 is 0 Å². The zero-order chi connectivity index (χ0) is 7.89. The minimum absolute atomic E-state index is 0.0255. The Labute approximate surface area is 60.9 Å². The van der Waals surface area contributed by atoms with Gasteiger partial charge in [0, 0.05) is 19.8 Å². The van der Waals surface area contributed by atoms with E-state index in [1.54, 1.807) is 23.9 Å². The molecule has 0 aromatic rings. The second-order valence-electron chi connectivity index (χ2n) is 2.62. The zero-order valence-corrected chi connectivity index (χ0v) is 6.59. The highest BCUT2D eigenvalue weighted by molar-refractivity contribution is 5.79. The summed E-state index contributed by atoms with van der Waals surface area (Å²) < 4.78 is 0. The first-order chi connectivity index (χ1) is 4.55. The van der Waals surface area contributed by atoms with E-state index in [9.17, 15) is 4.79 Å². The molecule has 56 valence electrons. The van der Waals surface area contributed by atoms with Crippen LogP contribution in [0.25, 0.3) is 0 Å². The van der Waals surface area contributed by atoms with Crippen LogP contribution in [-0.4, -0.2) is 36.0 Å². The number of nitrogens with zero attached hydrogens (tertiary/aromatic N) is 2. The molecule has 1 aliphatic heterocycles. The van der Waals surface area contributed by atoms with Crippen LogP contribution in [0.2, 0.25) is 0 Å². The van der Waals surface area contributed by atoms with Crippen molar-refractivity contribution in [2.24, 2.45) is 0 Å².